The molecular weight excluding hydrogens is 377 g/mol. The predicted molar refractivity (Wildman–Crippen MR) is 91.8 cm³/mol. The molecule has 0 spiro atoms. The topological polar surface area (TPSA) is 106 Å². The molecule has 0 unspecified atom stereocenters. The number of nitrogens with zero attached hydrogens (tertiary/aromatic N) is 6. The molecule has 1 atom stereocenters. The molecule has 0 amide bonds. The van der Waals surface area contributed by atoms with Crippen LogP contribution in [-0.4, -0.2) is 41.5 Å². The van der Waals surface area contributed by atoms with Crippen molar-refractivity contribution >= 4 is 22.8 Å². The van der Waals surface area contributed by atoms with E-state index < -0.39 is 12.4 Å². The first-order chi connectivity index (χ1) is 13.5. The molecule has 2 N–H and O–H groups in total. The third-order valence-electron chi connectivity index (χ3n) is 3.90. The number of aromatic nitrogens is 7. The highest BCUT2D eigenvalue weighted by Crippen LogP contribution is 2.23. The van der Waals surface area contributed by atoms with Crippen molar-refractivity contribution in [3.8, 4) is 5.88 Å². The van der Waals surface area contributed by atoms with Gasteiger partial charge in [-0.15, -0.1) is 0 Å². The van der Waals surface area contributed by atoms with E-state index in [2.05, 4.69) is 40.3 Å². The van der Waals surface area contributed by atoms with Crippen LogP contribution in [0.25, 0.3) is 11.2 Å². The maximum atomic E-state index is 13.5. The fraction of sp³-hybridized carbons (Fsp3) is 0.188. The third-order valence-corrected chi connectivity index (χ3v) is 3.90. The fourth-order valence-electron chi connectivity index (χ4n) is 2.62. The summed E-state index contributed by atoms with van der Waals surface area (Å²) in [5, 5.41) is 13.3. The van der Waals surface area contributed by atoms with Gasteiger partial charge in [-0.2, -0.15) is 19.0 Å². The molecular formula is C16H13F3N8O. The summed E-state index contributed by atoms with van der Waals surface area (Å²) in [6.07, 6.45) is 5.66. The van der Waals surface area contributed by atoms with Crippen LogP contribution in [0.2, 0.25) is 0 Å². The second-order valence-corrected chi connectivity index (χ2v) is 5.79. The number of alkyl halides is 2. The third kappa shape index (κ3) is 3.56. The Bertz CT molecular complexity index is 1110. The number of rotatable bonds is 6. The Morgan fingerprint density at radius 3 is 2.79 bits per heavy atom. The van der Waals surface area contributed by atoms with Crippen molar-refractivity contribution in [3.05, 3.63) is 48.3 Å². The first kappa shape index (κ1) is 17.7. The number of nitrogens with one attached hydrogen (secondary N) is 2. The van der Waals surface area contributed by atoms with E-state index >= 15 is 0 Å². The summed E-state index contributed by atoms with van der Waals surface area (Å²) in [6, 6.07) is 2.28. The van der Waals surface area contributed by atoms with E-state index in [1.54, 1.807) is 17.1 Å². The van der Waals surface area contributed by atoms with Crippen molar-refractivity contribution < 1.29 is 17.9 Å². The van der Waals surface area contributed by atoms with Gasteiger partial charge in [0, 0.05) is 12.3 Å². The van der Waals surface area contributed by atoms with Crippen LogP contribution in [0.5, 0.6) is 5.88 Å². The Kier molecular flexibility index (Phi) is 4.51. The minimum atomic E-state index is -2.96. The summed E-state index contributed by atoms with van der Waals surface area (Å²) in [5.74, 6) is -0.106. The van der Waals surface area contributed by atoms with Gasteiger partial charge in [0.25, 0.3) is 0 Å². The van der Waals surface area contributed by atoms with Crippen LogP contribution in [0, 0.1) is 5.82 Å². The van der Waals surface area contributed by atoms with Crippen LogP contribution >= 0.6 is 0 Å². The smallest absolute Gasteiger partial charge is 0.388 e. The maximum absolute atomic E-state index is 13.5. The first-order valence-electron chi connectivity index (χ1n) is 8.07. The molecule has 0 radical (unpaired) electrons. The van der Waals surface area contributed by atoms with Crippen molar-refractivity contribution in [3.63, 3.8) is 0 Å². The van der Waals surface area contributed by atoms with Crippen LogP contribution < -0.4 is 10.1 Å². The van der Waals surface area contributed by atoms with Gasteiger partial charge in [-0.1, -0.05) is 0 Å². The molecule has 4 rings (SSSR count). The van der Waals surface area contributed by atoms with E-state index in [0.717, 1.165) is 6.20 Å². The molecule has 0 aliphatic carbocycles. The first-order valence-corrected chi connectivity index (χ1v) is 8.07. The molecule has 4 aromatic rings. The highest BCUT2D eigenvalue weighted by Gasteiger charge is 2.16. The lowest BCUT2D eigenvalue weighted by atomic mass is 10.1. The van der Waals surface area contributed by atoms with Crippen molar-refractivity contribution in [1.82, 2.24) is 34.9 Å². The van der Waals surface area contributed by atoms with E-state index in [4.69, 9.17) is 0 Å². The maximum Gasteiger partial charge on any atom is 0.388 e. The Hall–Kier alpha value is -3.70. The highest BCUT2D eigenvalue weighted by molar-refractivity contribution is 5.72. The van der Waals surface area contributed by atoms with Gasteiger partial charge in [0.15, 0.2) is 17.3 Å². The molecule has 0 fully saturated rings. The summed E-state index contributed by atoms with van der Waals surface area (Å²) in [4.78, 5) is 12.5. The molecule has 0 aliphatic rings. The molecule has 9 nitrogen and oxygen atoms in total. The number of H-pyrrole nitrogens is 1. The number of pyridine rings is 1. The van der Waals surface area contributed by atoms with Gasteiger partial charge in [0.05, 0.1) is 24.6 Å². The Morgan fingerprint density at radius 2 is 2.00 bits per heavy atom. The molecule has 28 heavy (non-hydrogen) atoms. The number of fused-ring (bicyclic) bond motifs is 1. The standard InChI is InChI=1S/C16H13F3N8O/c1-8(9-2-10(17)5-20-4-9)27-15-11(6-22-27)21-7-13(24-15)23-12-3-14(26-25-12)28-16(18)19/h2-8,16H,1H3,(H2,23,24,25,26)/t8-/m1/s1. The second-order valence-electron chi connectivity index (χ2n) is 5.79. The van der Waals surface area contributed by atoms with Gasteiger partial charge in [-0.25, -0.2) is 24.1 Å². The average molecular weight is 390 g/mol. The minimum Gasteiger partial charge on any atom is -0.417 e. The number of halogens is 3. The lowest BCUT2D eigenvalue weighted by Gasteiger charge is -2.13. The summed E-state index contributed by atoms with van der Waals surface area (Å²) < 4.78 is 43.7. The number of ether oxygens (including phenoxy) is 1. The van der Waals surface area contributed by atoms with Gasteiger partial charge < -0.3 is 10.1 Å². The van der Waals surface area contributed by atoms with Crippen molar-refractivity contribution in [2.75, 3.05) is 5.32 Å². The van der Waals surface area contributed by atoms with Crippen molar-refractivity contribution in [1.29, 1.82) is 0 Å². The van der Waals surface area contributed by atoms with Crippen LogP contribution in [0.15, 0.2) is 36.9 Å². The highest BCUT2D eigenvalue weighted by atomic mass is 19.3. The molecule has 0 saturated heterocycles. The van der Waals surface area contributed by atoms with Gasteiger partial charge in [-0.3, -0.25) is 4.98 Å². The molecule has 4 heterocycles. The van der Waals surface area contributed by atoms with Gasteiger partial charge in [-0.05, 0) is 18.6 Å². The zero-order chi connectivity index (χ0) is 19.7. The van der Waals surface area contributed by atoms with Crippen molar-refractivity contribution in [2.24, 2.45) is 0 Å². The summed E-state index contributed by atoms with van der Waals surface area (Å²) >= 11 is 0. The summed E-state index contributed by atoms with van der Waals surface area (Å²) in [7, 11) is 0. The van der Waals surface area contributed by atoms with Crippen LogP contribution in [0.4, 0.5) is 24.8 Å². The van der Waals surface area contributed by atoms with Crippen LogP contribution in [0.1, 0.15) is 18.5 Å². The van der Waals surface area contributed by atoms with Crippen LogP contribution in [-0.2, 0) is 0 Å². The van der Waals surface area contributed by atoms with E-state index in [0.29, 0.717) is 22.5 Å². The predicted octanol–water partition coefficient (Wildman–Crippen LogP) is 3.04. The minimum absolute atomic E-state index is 0.191. The Labute approximate surface area is 155 Å². The lowest BCUT2D eigenvalue weighted by Crippen LogP contribution is -2.10. The Balaban J connectivity index is 1.62. The molecule has 0 aromatic carbocycles. The van der Waals surface area contributed by atoms with Gasteiger partial charge >= 0.3 is 6.61 Å². The number of hydrogen-bond acceptors (Lipinski definition) is 7. The monoisotopic (exact) mass is 390 g/mol. The summed E-state index contributed by atoms with van der Waals surface area (Å²) in [6.45, 7) is -1.13. The van der Waals surface area contributed by atoms with E-state index in [1.807, 2.05) is 6.92 Å². The van der Waals surface area contributed by atoms with E-state index in [1.165, 1.54) is 18.3 Å². The Morgan fingerprint density at radius 1 is 1.14 bits per heavy atom. The fourth-order valence-corrected chi connectivity index (χ4v) is 2.62. The number of anilines is 2. The summed E-state index contributed by atoms with van der Waals surface area (Å²) in [5.41, 5.74) is 1.60. The zero-order valence-corrected chi connectivity index (χ0v) is 14.3. The number of hydrogen-bond donors (Lipinski definition) is 2. The largest absolute Gasteiger partial charge is 0.417 e. The van der Waals surface area contributed by atoms with Gasteiger partial charge in [0.1, 0.15) is 11.3 Å². The molecule has 0 saturated carbocycles. The SMILES string of the molecule is C[C@H](c1cncc(F)c1)n1ncc2ncc(Nc3cc(OC(F)F)[nH]n3)nc21. The van der Waals surface area contributed by atoms with Crippen LogP contribution in [0.3, 0.4) is 0 Å². The molecule has 4 aromatic heterocycles. The molecule has 12 heteroatoms. The molecule has 0 aliphatic heterocycles. The van der Waals surface area contributed by atoms with E-state index in [9.17, 15) is 13.2 Å². The number of aromatic amines is 1. The molecule has 0 bridgehead atoms. The lowest BCUT2D eigenvalue weighted by molar-refractivity contribution is -0.0528. The zero-order valence-electron chi connectivity index (χ0n) is 14.3. The quantitative estimate of drug-likeness (QED) is 0.521. The normalized spacial score (nSPS) is 12.5. The molecule has 144 valence electrons. The second kappa shape index (κ2) is 7.13. The van der Waals surface area contributed by atoms with E-state index in [-0.39, 0.29) is 17.7 Å². The van der Waals surface area contributed by atoms with Crippen molar-refractivity contribution in [2.45, 2.75) is 19.6 Å². The van der Waals surface area contributed by atoms with Gasteiger partial charge in [0.2, 0.25) is 5.88 Å². The average Bonchev–Trinajstić information content (AvgIpc) is 3.27.